The first-order chi connectivity index (χ1) is 15.3. The van der Waals surface area contributed by atoms with E-state index in [1.165, 1.54) is 0 Å². The van der Waals surface area contributed by atoms with E-state index in [4.69, 9.17) is 0 Å². The zero-order valence-electron chi connectivity index (χ0n) is 19.3. The van der Waals surface area contributed by atoms with Crippen molar-refractivity contribution in [2.45, 2.75) is 39.3 Å². The second-order valence-electron chi connectivity index (χ2n) is 9.14. The number of hydrogen-bond acceptors (Lipinski definition) is 2. The molecule has 0 saturated heterocycles. The maximum absolute atomic E-state index is 13.8. The number of benzene rings is 3. The van der Waals surface area contributed by atoms with Crippen LogP contribution in [0.15, 0.2) is 91.0 Å². The molecule has 0 aliphatic rings. The van der Waals surface area contributed by atoms with Crippen molar-refractivity contribution >= 4 is 11.8 Å². The van der Waals surface area contributed by atoms with Crippen molar-refractivity contribution in [3.8, 4) is 0 Å². The van der Waals surface area contributed by atoms with Crippen LogP contribution in [0.2, 0.25) is 0 Å². The molecule has 0 spiro atoms. The maximum atomic E-state index is 13.8. The minimum Gasteiger partial charge on any atom is -0.344 e. The topological polar surface area (TPSA) is 49.4 Å². The monoisotopic (exact) mass is 428 g/mol. The van der Waals surface area contributed by atoms with Gasteiger partial charge in [-0.25, -0.2) is 0 Å². The fraction of sp³-hybridized carbons (Fsp3) is 0.286. The number of nitrogens with zero attached hydrogens (tertiary/aromatic N) is 1. The Balaban J connectivity index is 1.95. The minimum atomic E-state index is -0.663. The van der Waals surface area contributed by atoms with Gasteiger partial charge in [0.2, 0.25) is 11.8 Å². The molecule has 4 nitrogen and oxygen atoms in total. The predicted molar refractivity (Wildman–Crippen MR) is 129 cm³/mol. The second kappa shape index (κ2) is 10.3. The summed E-state index contributed by atoms with van der Waals surface area (Å²) in [6.07, 6.45) is 0.433. The van der Waals surface area contributed by atoms with E-state index in [0.29, 0.717) is 6.42 Å². The second-order valence-corrected chi connectivity index (χ2v) is 9.14. The molecule has 0 heterocycles. The van der Waals surface area contributed by atoms with Crippen LogP contribution >= 0.6 is 0 Å². The van der Waals surface area contributed by atoms with E-state index in [2.05, 4.69) is 5.32 Å². The minimum absolute atomic E-state index is 0.121. The first-order valence-corrected chi connectivity index (χ1v) is 11.0. The molecule has 0 bridgehead atoms. The van der Waals surface area contributed by atoms with Gasteiger partial charge in [0, 0.05) is 18.9 Å². The Labute approximate surface area is 191 Å². The highest BCUT2D eigenvalue weighted by molar-refractivity contribution is 5.90. The van der Waals surface area contributed by atoms with Crippen molar-refractivity contribution in [1.29, 1.82) is 0 Å². The van der Waals surface area contributed by atoms with E-state index in [1.807, 2.05) is 119 Å². The molecular weight excluding hydrogens is 396 g/mol. The molecule has 0 aliphatic heterocycles. The molecular formula is C28H32N2O2. The van der Waals surface area contributed by atoms with E-state index in [0.717, 1.165) is 16.7 Å². The summed E-state index contributed by atoms with van der Waals surface area (Å²) in [5.41, 5.74) is 2.46. The Kier molecular flexibility index (Phi) is 7.47. The lowest BCUT2D eigenvalue weighted by molar-refractivity contribution is -0.138. The third kappa shape index (κ3) is 5.85. The Hall–Kier alpha value is -3.40. The fourth-order valence-electron chi connectivity index (χ4n) is 3.71. The molecule has 1 atom stereocenters. The van der Waals surface area contributed by atoms with Crippen molar-refractivity contribution in [1.82, 2.24) is 10.2 Å². The number of rotatable bonds is 7. The summed E-state index contributed by atoms with van der Waals surface area (Å²) >= 11 is 0. The lowest BCUT2D eigenvalue weighted by atomic mass is 9.93. The van der Waals surface area contributed by atoms with Gasteiger partial charge in [0.05, 0.1) is 6.04 Å². The molecule has 2 amide bonds. The molecule has 3 rings (SSSR count). The summed E-state index contributed by atoms with van der Waals surface area (Å²) in [5.74, 6) is -0.264. The van der Waals surface area contributed by atoms with E-state index < -0.39 is 11.5 Å². The van der Waals surface area contributed by atoms with Gasteiger partial charge in [-0.05, 0) is 16.7 Å². The van der Waals surface area contributed by atoms with Gasteiger partial charge in [-0.3, -0.25) is 9.59 Å². The number of carbonyl (C=O) groups is 2. The van der Waals surface area contributed by atoms with Crippen molar-refractivity contribution in [2.24, 2.45) is 5.41 Å². The molecule has 1 N–H and O–H groups in total. The van der Waals surface area contributed by atoms with Gasteiger partial charge in [0.15, 0.2) is 0 Å². The Morgan fingerprint density at radius 3 is 1.66 bits per heavy atom. The van der Waals surface area contributed by atoms with Gasteiger partial charge in [-0.2, -0.15) is 0 Å². The number of likely N-dealkylation sites (N-methyl/N-ethyl adjacent to an activating group) is 1. The quantitative estimate of drug-likeness (QED) is 0.575. The summed E-state index contributed by atoms with van der Waals surface area (Å²) in [6, 6.07) is 28.9. The molecule has 3 aromatic rings. The molecule has 0 radical (unpaired) electrons. The van der Waals surface area contributed by atoms with Crippen molar-refractivity contribution < 1.29 is 9.59 Å². The van der Waals surface area contributed by atoms with Crippen molar-refractivity contribution in [2.75, 3.05) is 7.05 Å². The van der Waals surface area contributed by atoms with E-state index >= 15 is 0 Å². The van der Waals surface area contributed by atoms with Gasteiger partial charge in [0.25, 0.3) is 0 Å². The van der Waals surface area contributed by atoms with Crippen molar-refractivity contribution in [3.63, 3.8) is 0 Å². The SMILES string of the molecule is CN(C(=O)[C@H](Cc1ccccc1)NC(=O)C(C)(C)C)C(c1ccccc1)c1ccccc1. The van der Waals surface area contributed by atoms with E-state index in [9.17, 15) is 9.59 Å². The molecule has 0 saturated carbocycles. The van der Waals surface area contributed by atoms with Crippen LogP contribution in [0.1, 0.15) is 43.5 Å². The summed E-state index contributed by atoms with van der Waals surface area (Å²) in [7, 11) is 1.81. The third-order valence-corrected chi connectivity index (χ3v) is 5.53. The largest absolute Gasteiger partial charge is 0.344 e. The van der Waals surface area contributed by atoms with Gasteiger partial charge in [-0.1, -0.05) is 112 Å². The van der Waals surface area contributed by atoms with Crippen molar-refractivity contribution in [3.05, 3.63) is 108 Å². The highest BCUT2D eigenvalue weighted by Gasteiger charge is 2.32. The Bertz CT molecular complexity index is 972. The third-order valence-electron chi connectivity index (χ3n) is 5.53. The highest BCUT2D eigenvalue weighted by atomic mass is 16.2. The van der Waals surface area contributed by atoms with E-state index in [1.54, 1.807) is 4.90 Å². The van der Waals surface area contributed by atoms with Crippen LogP contribution in [0.3, 0.4) is 0 Å². The van der Waals surface area contributed by atoms with E-state index in [-0.39, 0.29) is 17.9 Å². The smallest absolute Gasteiger partial charge is 0.246 e. The summed E-state index contributed by atoms with van der Waals surface area (Å²) in [5, 5.41) is 3.01. The molecule has 3 aromatic carbocycles. The Morgan fingerprint density at radius 2 is 1.22 bits per heavy atom. The first-order valence-electron chi connectivity index (χ1n) is 11.0. The number of nitrogens with one attached hydrogen (secondary N) is 1. The average Bonchev–Trinajstić information content (AvgIpc) is 2.79. The molecule has 166 valence electrons. The standard InChI is InChI=1S/C28H32N2O2/c1-28(2,3)27(32)29-24(20-21-14-8-5-9-15-21)26(31)30(4)25(22-16-10-6-11-17-22)23-18-12-7-13-19-23/h5-19,24-25H,20H2,1-4H3,(H,29,32)/t24-/m0/s1. The number of hydrogen-bond donors (Lipinski definition) is 1. The lowest BCUT2D eigenvalue weighted by Gasteiger charge is -2.33. The zero-order chi connectivity index (χ0) is 23.1. The summed E-state index contributed by atoms with van der Waals surface area (Å²) in [6.45, 7) is 5.56. The first kappa shape index (κ1) is 23.3. The van der Waals surface area contributed by atoms with Crippen LogP contribution in [0.5, 0.6) is 0 Å². The zero-order valence-corrected chi connectivity index (χ0v) is 19.3. The fourth-order valence-corrected chi connectivity index (χ4v) is 3.71. The summed E-state index contributed by atoms with van der Waals surface area (Å²) in [4.78, 5) is 28.4. The molecule has 0 aromatic heterocycles. The van der Waals surface area contributed by atoms with Gasteiger partial charge < -0.3 is 10.2 Å². The van der Waals surface area contributed by atoms with Gasteiger partial charge in [0.1, 0.15) is 6.04 Å². The molecule has 0 fully saturated rings. The van der Waals surface area contributed by atoms with Crippen LogP contribution in [0.4, 0.5) is 0 Å². The Morgan fingerprint density at radius 1 is 0.781 bits per heavy atom. The summed E-state index contributed by atoms with van der Waals surface area (Å²) < 4.78 is 0. The number of amides is 2. The number of carbonyl (C=O) groups excluding carboxylic acids is 2. The van der Waals surface area contributed by atoms with Crippen LogP contribution in [-0.2, 0) is 16.0 Å². The van der Waals surface area contributed by atoms with Crippen LogP contribution in [0.25, 0.3) is 0 Å². The van der Waals surface area contributed by atoms with Crippen LogP contribution < -0.4 is 5.32 Å². The lowest BCUT2D eigenvalue weighted by Crippen LogP contribution is -2.52. The normalized spacial score (nSPS) is 12.3. The maximum Gasteiger partial charge on any atom is 0.246 e. The molecule has 0 aliphatic carbocycles. The molecule has 4 heteroatoms. The average molecular weight is 429 g/mol. The predicted octanol–water partition coefficient (Wildman–Crippen LogP) is 5.01. The highest BCUT2D eigenvalue weighted by Crippen LogP contribution is 2.28. The molecule has 32 heavy (non-hydrogen) atoms. The van der Waals surface area contributed by atoms with Crippen LogP contribution in [-0.4, -0.2) is 29.8 Å². The van der Waals surface area contributed by atoms with Crippen LogP contribution in [0, 0.1) is 5.41 Å². The molecule has 0 unspecified atom stereocenters. The van der Waals surface area contributed by atoms with Gasteiger partial charge >= 0.3 is 0 Å². The van der Waals surface area contributed by atoms with Gasteiger partial charge in [-0.15, -0.1) is 0 Å².